The fourth-order valence-electron chi connectivity index (χ4n) is 3.31. The van der Waals surface area contributed by atoms with Crippen LogP contribution in [0.4, 0.5) is 0 Å². The molecule has 0 amide bonds. The smallest absolute Gasteiger partial charge is 0.0237 e. The van der Waals surface area contributed by atoms with Crippen LogP contribution < -0.4 is 5.32 Å². The van der Waals surface area contributed by atoms with E-state index < -0.39 is 0 Å². The molecule has 1 aliphatic heterocycles. The van der Waals surface area contributed by atoms with Crippen LogP contribution >= 0.6 is 0 Å². The molecule has 0 aromatic heterocycles. The molecular formula is C19H32N2. The van der Waals surface area contributed by atoms with Crippen LogP contribution in [-0.2, 0) is 6.54 Å². The molecule has 1 N–H and O–H groups in total. The molecule has 1 aromatic carbocycles. The molecular weight excluding hydrogens is 256 g/mol. The molecule has 0 saturated carbocycles. The lowest BCUT2D eigenvalue weighted by atomic mass is 9.97. The molecule has 0 aliphatic carbocycles. The minimum Gasteiger partial charge on any atom is -0.311 e. The molecule has 2 nitrogen and oxygen atoms in total. The number of nitrogens with one attached hydrogen (secondary N) is 1. The number of hydrogen-bond donors (Lipinski definition) is 1. The monoisotopic (exact) mass is 288 g/mol. The van der Waals surface area contributed by atoms with Gasteiger partial charge in [0.1, 0.15) is 0 Å². The topological polar surface area (TPSA) is 15.3 Å². The molecule has 1 saturated heterocycles. The highest BCUT2D eigenvalue weighted by Crippen LogP contribution is 2.20. The van der Waals surface area contributed by atoms with Gasteiger partial charge >= 0.3 is 0 Å². The van der Waals surface area contributed by atoms with Crippen molar-refractivity contribution >= 4 is 0 Å². The van der Waals surface area contributed by atoms with Crippen LogP contribution in [0.5, 0.6) is 0 Å². The van der Waals surface area contributed by atoms with Crippen LogP contribution in [0.3, 0.4) is 0 Å². The SMILES string of the molecule is CCC1CN(Cc2ccc(C)c(C)c2)C(CC(C)C)CN1. The highest BCUT2D eigenvalue weighted by atomic mass is 15.2. The summed E-state index contributed by atoms with van der Waals surface area (Å²) in [5.74, 6) is 0.761. The molecule has 0 spiro atoms. The van der Waals surface area contributed by atoms with Crippen LogP contribution in [0.2, 0.25) is 0 Å². The number of benzene rings is 1. The Morgan fingerprint density at radius 1 is 1.24 bits per heavy atom. The van der Waals surface area contributed by atoms with Crippen molar-refractivity contribution in [3.05, 3.63) is 34.9 Å². The predicted molar refractivity (Wildman–Crippen MR) is 91.7 cm³/mol. The summed E-state index contributed by atoms with van der Waals surface area (Å²) in [4.78, 5) is 2.70. The van der Waals surface area contributed by atoms with E-state index in [2.05, 4.69) is 63.0 Å². The molecule has 2 heteroatoms. The maximum absolute atomic E-state index is 3.72. The van der Waals surface area contributed by atoms with Crippen molar-refractivity contribution in [2.75, 3.05) is 13.1 Å². The lowest BCUT2D eigenvalue weighted by molar-refractivity contribution is 0.105. The van der Waals surface area contributed by atoms with Crippen molar-refractivity contribution in [3.8, 4) is 0 Å². The van der Waals surface area contributed by atoms with E-state index in [1.54, 1.807) is 0 Å². The number of nitrogens with zero attached hydrogens (tertiary/aromatic N) is 1. The lowest BCUT2D eigenvalue weighted by Crippen LogP contribution is -2.56. The first-order chi connectivity index (χ1) is 9.99. The van der Waals surface area contributed by atoms with Crippen LogP contribution in [0.15, 0.2) is 18.2 Å². The third-order valence-corrected chi connectivity index (χ3v) is 4.81. The normalized spacial score (nSPS) is 23.7. The summed E-state index contributed by atoms with van der Waals surface area (Å²) < 4.78 is 0. The molecule has 1 aromatic rings. The highest BCUT2D eigenvalue weighted by molar-refractivity contribution is 5.29. The zero-order chi connectivity index (χ0) is 15.4. The second-order valence-electron chi connectivity index (χ2n) is 7.14. The average molecular weight is 288 g/mol. The third-order valence-electron chi connectivity index (χ3n) is 4.81. The first-order valence-corrected chi connectivity index (χ1v) is 8.53. The van der Waals surface area contributed by atoms with Gasteiger partial charge in [-0.15, -0.1) is 0 Å². The maximum atomic E-state index is 3.72. The summed E-state index contributed by atoms with van der Waals surface area (Å²) in [6, 6.07) is 8.26. The summed E-state index contributed by atoms with van der Waals surface area (Å²) in [5, 5.41) is 3.72. The van der Waals surface area contributed by atoms with Gasteiger partial charge in [-0.25, -0.2) is 0 Å². The number of rotatable bonds is 5. The zero-order valence-electron chi connectivity index (χ0n) is 14.4. The van der Waals surface area contributed by atoms with Crippen molar-refractivity contribution in [2.24, 2.45) is 5.92 Å². The Kier molecular flexibility index (Phi) is 5.83. The summed E-state index contributed by atoms with van der Waals surface area (Å²) in [5.41, 5.74) is 4.27. The van der Waals surface area contributed by atoms with Gasteiger partial charge in [-0.1, -0.05) is 39.0 Å². The van der Waals surface area contributed by atoms with E-state index in [0.717, 1.165) is 19.0 Å². The Hall–Kier alpha value is -0.860. The summed E-state index contributed by atoms with van der Waals surface area (Å²) >= 11 is 0. The Morgan fingerprint density at radius 3 is 2.62 bits per heavy atom. The summed E-state index contributed by atoms with van der Waals surface area (Å²) in [6.07, 6.45) is 2.51. The first-order valence-electron chi connectivity index (χ1n) is 8.53. The second kappa shape index (κ2) is 7.42. The largest absolute Gasteiger partial charge is 0.311 e. The highest BCUT2D eigenvalue weighted by Gasteiger charge is 2.27. The number of piperazine rings is 1. The predicted octanol–water partition coefficient (Wildman–Crippen LogP) is 3.90. The van der Waals surface area contributed by atoms with Crippen molar-refractivity contribution in [3.63, 3.8) is 0 Å². The van der Waals surface area contributed by atoms with E-state index >= 15 is 0 Å². The van der Waals surface area contributed by atoms with Gasteiger partial charge in [-0.05, 0) is 49.3 Å². The molecule has 2 rings (SSSR count). The van der Waals surface area contributed by atoms with E-state index in [9.17, 15) is 0 Å². The van der Waals surface area contributed by atoms with Crippen molar-refractivity contribution in [1.29, 1.82) is 0 Å². The van der Waals surface area contributed by atoms with Crippen LogP contribution in [-0.4, -0.2) is 30.1 Å². The van der Waals surface area contributed by atoms with Crippen molar-refractivity contribution < 1.29 is 0 Å². The van der Waals surface area contributed by atoms with Gasteiger partial charge in [0, 0.05) is 31.7 Å². The molecule has 1 aliphatic rings. The van der Waals surface area contributed by atoms with Crippen LogP contribution in [0.1, 0.15) is 50.3 Å². The minimum absolute atomic E-state index is 0.653. The van der Waals surface area contributed by atoms with E-state index in [1.807, 2.05) is 0 Å². The van der Waals surface area contributed by atoms with Gasteiger partial charge < -0.3 is 5.32 Å². The Balaban J connectivity index is 2.09. The Morgan fingerprint density at radius 2 is 2.00 bits per heavy atom. The zero-order valence-corrected chi connectivity index (χ0v) is 14.4. The molecule has 0 bridgehead atoms. The molecule has 1 fully saturated rings. The quantitative estimate of drug-likeness (QED) is 0.884. The molecule has 2 unspecified atom stereocenters. The van der Waals surface area contributed by atoms with Crippen molar-refractivity contribution in [1.82, 2.24) is 10.2 Å². The standard InChI is InChI=1S/C19H32N2/c1-6-18-13-21(19(11-20-18)9-14(2)3)12-17-8-7-15(4)16(5)10-17/h7-8,10,14,18-20H,6,9,11-13H2,1-5H3. The second-order valence-corrected chi connectivity index (χ2v) is 7.14. The van der Waals surface area contributed by atoms with Gasteiger partial charge in [-0.2, -0.15) is 0 Å². The van der Waals surface area contributed by atoms with Gasteiger partial charge in [-0.3, -0.25) is 4.90 Å². The van der Waals surface area contributed by atoms with Crippen LogP contribution in [0.25, 0.3) is 0 Å². The lowest BCUT2D eigenvalue weighted by Gasteiger charge is -2.41. The van der Waals surface area contributed by atoms with E-state index in [0.29, 0.717) is 12.1 Å². The number of aryl methyl sites for hydroxylation is 2. The third kappa shape index (κ3) is 4.55. The van der Waals surface area contributed by atoms with Crippen LogP contribution in [0, 0.1) is 19.8 Å². The summed E-state index contributed by atoms with van der Waals surface area (Å²) in [6.45, 7) is 14.8. The molecule has 2 atom stereocenters. The Labute approximate surface area is 130 Å². The van der Waals surface area contributed by atoms with E-state index in [-0.39, 0.29) is 0 Å². The maximum Gasteiger partial charge on any atom is 0.0237 e. The number of hydrogen-bond acceptors (Lipinski definition) is 2. The molecule has 0 radical (unpaired) electrons. The van der Waals surface area contributed by atoms with E-state index in [1.165, 1.54) is 36.1 Å². The van der Waals surface area contributed by atoms with E-state index in [4.69, 9.17) is 0 Å². The fraction of sp³-hybridized carbons (Fsp3) is 0.684. The molecule has 21 heavy (non-hydrogen) atoms. The molecule has 118 valence electrons. The van der Waals surface area contributed by atoms with Gasteiger partial charge in [0.15, 0.2) is 0 Å². The summed E-state index contributed by atoms with van der Waals surface area (Å²) in [7, 11) is 0. The van der Waals surface area contributed by atoms with Gasteiger partial charge in [0.25, 0.3) is 0 Å². The first kappa shape index (κ1) is 16.5. The van der Waals surface area contributed by atoms with Gasteiger partial charge in [0.2, 0.25) is 0 Å². The molecule has 1 heterocycles. The average Bonchev–Trinajstić information content (AvgIpc) is 2.44. The fourth-order valence-corrected chi connectivity index (χ4v) is 3.31. The minimum atomic E-state index is 0.653. The van der Waals surface area contributed by atoms with Crippen molar-refractivity contribution in [2.45, 2.75) is 66.1 Å². The van der Waals surface area contributed by atoms with Gasteiger partial charge in [0.05, 0.1) is 0 Å². The Bertz CT molecular complexity index is 453.